The van der Waals surface area contributed by atoms with Crippen LogP contribution in [-0.4, -0.2) is 29.3 Å². The van der Waals surface area contributed by atoms with E-state index in [2.05, 4.69) is 5.32 Å². The van der Waals surface area contributed by atoms with Gasteiger partial charge in [-0.25, -0.2) is 4.39 Å². The van der Waals surface area contributed by atoms with Crippen LogP contribution < -0.4 is 5.32 Å². The lowest BCUT2D eigenvalue weighted by Crippen LogP contribution is -2.47. The number of carbonyl (C=O) groups is 1. The van der Waals surface area contributed by atoms with Crippen LogP contribution in [0, 0.1) is 5.92 Å². The van der Waals surface area contributed by atoms with Crippen molar-refractivity contribution in [2.45, 2.75) is 24.6 Å². The van der Waals surface area contributed by atoms with Crippen molar-refractivity contribution in [3.05, 3.63) is 0 Å². The summed E-state index contributed by atoms with van der Waals surface area (Å²) in [6.45, 7) is -0.151. The van der Waals surface area contributed by atoms with Crippen molar-refractivity contribution in [2.24, 2.45) is 5.92 Å². The van der Waals surface area contributed by atoms with Crippen LogP contribution in [-0.2, 0) is 4.79 Å². The monoisotopic (exact) mass is 159 g/mol. The quantitative estimate of drug-likeness (QED) is 0.546. The average Bonchev–Trinajstić information content (AvgIpc) is 2.12. The van der Waals surface area contributed by atoms with Crippen molar-refractivity contribution in [1.29, 1.82) is 0 Å². The number of fused-ring (bicyclic) bond motifs is 1. The molecule has 1 saturated heterocycles. The second kappa shape index (κ2) is 1.94. The van der Waals surface area contributed by atoms with Crippen molar-refractivity contribution < 1.29 is 14.3 Å². The van der Waals surface area contributed by atoms with Gasteiger partial charge in [0.05, 0.1) is 12.6 Å². The summed E-state index contributed by atoms with van der Waals surface area (Å²) in [5, 5.41) is 11.2. The third kappa shape index (κ3) is 0.677. The van der Waals surface area contributed by atoms with Crippen LogP contribution in [0.1, 0.15) is 12.8 Å². The van der Waals surface area contributed by atoms with Crippen molar-refractivity contribution in [1.82, 2.24) is 5.32 Å². The van der Waals surface area contributed by atoms with Gasteiger partial charge in [0.1, 0.15) is 0 Å². The Morgan fingerprint density at radius 1 is 1.82 bits per heavy atom. The smallest absolute Gasteiger partial charge is 0.258 e. The van der Waals surface area contributed by atoms with Crippen LogP contribution in [0.2, 0.25) is 0 Å². The zero-order valence-electron chi connectivity index (χ0n) is 6.01. The highest BCUT2D eigenvalue weighted by molar-refractivity contribution is 5.89. The normalized spacial score (nSPS) is 48.0. The fourth-order valence-electron chi connectivity index (χ4n) is 1.93. The highest BCUT2D eigenvalue weighted by Crippen LogP contribution is 2.47. The van der Waals surface area contributed by atoms with Gasteiger partial charge < -0.3 is 10.4 Å². The number of rotatable bonds is 1. The van der Waals surface area contributed by atoms with Gasteiger partial charge in [-0.2, -0.15) is 0 Å². The summed E-state index contributed by atoms with van der Waals surface area (Å²) in [6, 6.07) is -0.346. The first-order valence-electron chi connectivity index (χ1n) is 3.79. The van der Waals surface area contributed by atoms with Crippen molar-refractivity contribution >= 4 is 5.91 Å². The Balaban J connectivity index is 2.20. The third-order valence-corrected chi connectivity index (χ3v) is 2.78. The number of hydrogen-bond donors (Lipinski definition) is 2. The first kappa shape index (κ1) is 7.03. The second-order valence-corrected chi connectivity index (χ2v) is 3.27. The molecule has 0 aromatic heterocycles. The van der Waals surface area contributed by atoms with E-state index in [1.165, 1.54) is 0 Å². The summed E-state index contributed by atoms with van der Waals surface area (Å²) in [5.41, 5.74) is -1.65. The summed E-state index contributed by atoms with van der Waals surface area (Å²) in [4.78, 5) is 10.9. The molecule has 0 spiro atoms. The van der Waals surface area contributed by atoms with Crippen LogP contribution in [0.15, 0.2) is 0 Å². The molecule has 4 heteroatoms. The average molecular weight is 159 g/mol. The predicted octanol–water partition coefficient (Wildman–Crippen LogP) is -0.405. The molecule has 1 amide bonds. The summed E-state index contributed by atoms with van der Waals surface area (Å²) >= 11 is 0. The number of aliphatic hydroxyl groups is 1. The summed E-state index contributed by atoms with van der Waals surface area (Å²) < 4.78 is 13.4. The number of carbonyl (C=O) groups excluding carboxylic acids is 1. The molecule has 0 radical (unpaired) electrons. The lowest BCUT2D eigenvalue weighted by atomic mass is 9.70. The predicted molar refractivity (Wildman–Crippen MR) is 35.6 cm³/mol. The summed E-state index contributed by atoms with van der Waals surface area (Å²) in [6.07, 6.45) is 1.03. The fraction of sp³-hybridized carbons (Fsp3) is 0.857. The molecule has 2 rings (SSSR count). The maximum atomic E-state index is 13.4. The third-order valence-electron chi connectivity index (χ3n) is 2.78. The van der Waals surface area contributed by atoms with Gasteiger partial charge in [0, 0.05) is 5.92 Å². The van der Waals surface area contributed by atoms with Crippen LogP contribution in [0.4, 0.5) is 4.39 Å². The highest BCUT2D eigenvalue weighted by Gasteiger charge is 2.61. The van der Waals surface area contributed by atoms with E-state index in [0.29, 0.717) is 12.8 Å². The van der Waals surface area contributed by atoms with E-state index in [1.807, 2.05) is 0 Å². The largest absolute Gasteiger partial charge is 0.394 e. The van der Waals surface area contributed by atoms with Crippen LogP contribution in [0.5, 0.6) is 0 Å². The Kier molecular flexibility index (Phi) is 1.24. The Morgan fingerprint density at radius 2 is 2.55 bits per heavy atom. The molecule has 2 N–H and O–H groups in total. The van der Waals surface area contributed by atoms with E-state index in [4.69, 9.17) is 5.11 Å². The topological polar surface area (TPSA) is 49.3 Å². The number of amides is 1. The molecule has 11 heavy (non-hydrogen) atoms. The van der Waals surface area contributed by atoms with E-state index < -0.39 is 11.6 Å². The number of halogens is 1. The molecular weight excluding hydrogens is 149 g/mol. The molecule has 3 nitrogen and oxygen atoms in total. The molecule has 1 saturated carbocycles. The van der Waals surface area contributed by atoms with Crippen LogP contribution in [0.25, 0.3) is 0 Å². The Bertz CT molecular complexity index is 209. The maximum Gasteiger partial charge on any atom is 0.258 e. The van der Waals surface area contributed by atoms with E-state index in [-0.39, 0.29) is 18.6 Å². The molecule has 1 unspecified atom stereocenters. The van der Waals surface area contributed by atoms with E-state index in [9.17, 15) is 9.18 Å². The van der Waals surface area contributed by atoms with Gasteiger partial charge in [0.15, 0.2) is 5.67 Å². The van der Waals surface area contributed by atoms with Gasteiger partial charge >= 0.3 is 0 Å². The molecular formula is C7H10FNO2. The number of nitrogens with one attached hydrogen (secondary N) is 1. The van der Waals surface area contributed by atoms with Crippen molar-refractivity contribution in [3.8, 4) is 0 Å². The SMILES string of the molecule is O=C1NC(CO)[C@H]2CC[C@@]12F. The Labute approximate surface area is 63.6 Å². The molecule has 2 fully saturated rings. The van der Waals surface area contributed by atoms with E-state index in [0.717, 1.165) is 0 Å². The second-order valence-electron chi connectivity index (χ2n) is 3.27. The molecule has 1 aliphatic heterocycles. The minimum absolute atomic E-state index is 0.151. The first-order valence-corrected chi connectivity index (χ1v) is 3.79. The number of aliphatic hydroxyl groups excluding tert-OH is 1. The molecule has 0 aromatic rings. The van der Waals surface area contributed by atoms with Gasteiger partial charge in [-0.3, -0.25) is 4.79 Å². The van der Waals surface area contributed by atoms with Gasteiger partial charge in [-0.05, 0) is 12.8 Å². The van der Waals surface area contributed by atoms with E-state index >= 15 is 0 Å². The zero-order chi connectivity index (χ0) is 8.06. The molecule has 0 aromatic carbocycles. The molecule has 2 aliphatic rings. The minimum Gasteiger partial charge on any atom is -0.394 e. The Hall–Kier alpha value is -0.640. The molecule has 1 aliphatic carbocycles. The first-order chi connectivity index (χ1) is 5.18. The Morgan fingerprint density at radius 3 is 2.82 bits per heavy atom. The van der Waals surface area contributed by atoms with Gasteiger partial charge in [0.2, 0.25) is 0 Å². The highest BCUT2D eigenvalue weighted by atomic mass is 19.1. The lowest BCUT2D eigenvalue weighted by Gasteiger charge is -2.36. The number of alkyl halides is 1. The van der Waals surface area contributed by atoms with Crippen LogP contribution >= 0.6 is 0 Å². The molecule has 1 heterocycles. The number of hydrogen-bond acceptors (Lipinski definition) is 2. The molecule has 62 valence electrons. The zero-order valence-corrected chi connectivity index (χ0v) is 6.01. The fourth-order valence-corrected chi connectivity index (χ4v) is 1.93. The molecule has 3 atom stereocenters. The van der Waals surface area contributed by atoms with Crippen molar-refractivity contribution in [2.75, 3.05) is 6.61 Å². The summed E-state index contributed by atoms with van der Waals surface area (Å²) in [7, 11) is 0. The van der Waals surface area contributed by atoms with E-state index in [1.54, 1.807) is 0 Å². The van der Waals surface area contributed by atoms with Gasteiger partial charge in [-0.15, -0.1) is 0 Å². The van der Waals surface area contributed by atoms with Gasteiger partial charge in [-0.1, -0.05) is 0 Å². The van der Waals surface area contributed by atoms with Gasteiger partial charge in [0.25, 0.3) is 5.91 Å². The van der Waals surface area contributed by atoms with Crippen LogP contribution in [0.3, 0.4) is 0 Å². The minimum atomic E-state index is -1.65. The lowest BCUT2D eigenvalue weighted by molar-refractivity contribution is -0.136. The maximum absolute atomic E-state index is 13.4. The molecule has 0 bridgehead atoms. The van der Waals surface area contributed by atoms with Crippen molar-refractivity contribution in [3.63, 3.8) is 0 Å². The summed E-state index contributed by atoms with van der Waals surface area (Å²) in [5.74, 6) is -0.812. The standard InChI is InChI=1S/C7H10FNO2/c8-7-2-1-4(7)5(3-10)9-6(7)11/h4-5,10H,1-3H2,(H,9,11)/t4-,5?,7+/m1/s1.